The Balaban J connectivity index is 2.25. The molecule has 1 heterocycles. The van der Waals surface area contributed by atoms with Crippen LogP contribution in [0.3, 0.4) is 0 Å². The third kappa shape index (κ3) is 1.50. The first kappa shape index (κ1) is 8.02. The van der Waals surface area contributed by atoms with Crippen LogP contribution in [0.15, 0.2) is 0 Å². The summed E-state index contributed by atoms with van der Waals surface area (Å²) in [5.74, 6) is 1.30. The summed E-state index contributed by atoms with van der Waals surface area (Å²) < 4.78 is 10.3. The molecular formula is C8H16O2. The third-order valence-corrected chi connectivity index (χ3v) is 2.28. The molecule has 1 fully saturated rings. The zero-order valence-corrected chi connectivity index (χ0v) is 7.13. The van der Waals surface area contributed by atoms with Gasteiger partial charge in [0, 0.05) is 7.11 Å². The molecule has 60 valence electrons. The van der Waals surface area contributed by atoms with Crippen LogP contribution < -0.4 is 0 Å². The van der Waals surface area contributed by atoms with Crippen LogP contribution in [-0.4, -0.2) is 19.5 Å². The van der Waals surface area contributed by atoms with Gasteiger partial charge in [-0.05, 0) is 11.8 Å². The fraction of sp³-hybridized carbons (Fsp3) is 1.00. The second kappa shape index (κ2) is 2.89. The molecule has 0 spiro atoms. The molecule has 10 heavy (non-hydrogen) atoms. The second-order valence-electron chi connectivity index (χ2n) is 3.31. The molecule has 0 bridgehead atoms. The van der Waals surface area contributed by atoms with E-state index in [0.717, 1.165) is 0 Å². The molecule has 3 unspecified atom stereocenters. The fourth-order valence-electron chi connectivity index (χ4n) is 1.05. The summed E-state index contributed by atoms with van der Waals surface area (Å²) in [4.78, 5) is 0. The quantitative estimate of drug-likeness (QED) is 0.562. The molecule has 0 aromatic heterocycles. The minimum atomic E-state index is 0.0809. The van der Waals surface area contributed by atoms with E-state index in [4.69, 9.17) is 9.47 Å². The van der Waals surface area contributed by atoms with Crippen LogP contribution >= 0.6 is 0 Å². The van der Waals surface area contributed by atoms with Gasteiger partial charge in [-0.3, -0.25) is 0 Å². The van der Waals surface area contributed by atoms with Crippen molar-refractivity contribution in [2.75, 3.05) is 7.11 Å². The van der Waals surface area contributed by atoms with E-state index in [1.165, 1.54) is 0 Å². The first-order chi connectivity index (χ1) is 4.66. The molecule has 1 aliphatic rings. The van der Waals surface area contributed by atoms with Crippen LogP contribution in [0.1, 0.15) is 20.8 Å². The van der Waals surface area contributed by atoms with Gasteiger partial charge in [-0.2, -0.15) is 0 Å². The van der Waals surface area contributed by atoms with Crippen LogP contribution in [0, 0.1) is 11.8 Å². The Kier molecular flexibility index (Phi) is 2.32. The van der Waals surface area contributed by atoms with Gasteiger partial charge >= 0.3 is 0 Å². The monoisotopic (exact) mass is 144 g/mol. The molecule has 0 aromatic rings. The number of rotatable bonds is 3. The van der Waals surface area contributed by atoms with Crippen molar-refractivity contribution in [3.05, 3.63) is 0 Å². The first-order valence-corrected chi connectivity index (χ1v) is 3.85. The number of epoxide rings is 1. The molecule has 0 amide bonds. The zero-order valence-electron chi connectivity index (χ0n) is 7.13. The van der Waals surface area contributed by atoms with Gasteiger partial charge in [0.2, 0.25) is 0 Å². The van der Waals surface area contributed by atoms with Gasteiger partial charge in [0.1, 0.15) is 6.10 Å². The van der Waals surface area contributed by atoms with Crippen molar-refractivity contribution in [3.8, 4) is 0 Å². The first-order valence-electron chi connectivity index (χ1n) is 3.85. The van der Waals surface area contributed by atoms with Crippen LogP contribution in [0.4, 0.5) is 0 Å². The molecule has 1 aliphatic heterocycles. The van der Waals surface area contributed by atoms with Gasteiger partial charge in [-0.1, -0.05) is 20.8 Å². The van der Waals surface area contributed by atoms with Crippen molar-refractivity contribution in [2.45, 2.75) is 33.2 Å². The summed E-state index contributed by atoms with van der Waals surface area (Å²) in [5.41, 5.74) is 0. The molecule has 0 N–H and O–H groups in total. The lowest BCUT2D eigenvalue weighted by Gasteiger charge is -2.11. The molecule has 1 rings (SSSR count). The molecule has 0 aliphatic carbocycles. The fourth-order valence-corrected chi connectivity index (χ4v) is 1.05. The van der Waals surface area contributed by atoms with Crippen molar-refractivity contribution in [1.29, 1.82) is 0 Å². The van der Waals surface area contributed by atoms with E-state index >= 15 is 0 Å². The Morgan fingerprint density at radius 2 is 1.90 bits per heavy atom. The number of hydrogen-bond donors (Lipinski definition) is 0. The maximum atomic E-state index is 5.27. The SMILES string of the molecule is COC1OC1C(C)C(C)C. The van der Waals surface area contributed by atoms with Gasteiger partial charge in [0.15, 0.2) is 6.29 Å². The summed E-state index contributed by atoms with van der Waals surface area (Å²) in [5, 5.41) is 0. The average Bonchev–Trinajstić information content (AvgIpc) is 2.64. The molecule has 0 saturated carbocycles. The maximum absolute atomic E-state index is 5.27. The zero-order chi connectivity index (χ0) is 7.72. The normalized spacial score (nSPS) is 34.5. The minimum absolute atomic E-state index is 0.0809. The molecule has 3 atom stereocenters. The highest BCUT2D eigenvalue weighted by Gasteiger charge is 2.44. The highest BCUT2D eigenvalue weighted by atomic mass is 16.8. The summed E-state index contributed by atoms with van der Waals surface area (Å²) >= 11 is 0. The predicted octanol–water partition coefficient (Wildman–Crippen LogP) is 1.65. The van der Waals surface area contributed by atoms with Crippen molar-refractivity contribution < 1.29 is 9.47 Å². The number of ether oxygens (including phenoxy) is 2. The predicted molar refractivity (Wildman–Crippen MR) is 39.7 cm³/mol. The Morgan fingerprint density at radius 1 is 1.30 bits per heavy atom. The van der Waals surface area contributed by atoms with Crippen molar-refractivity contribution in [1.82, 2.24) is 0 Å². The van der Waals surface area contributed by atoms with E-state index in [2.05, 4.69) is 20.8 Å². The largest absolute Gasteiger partial charge is 0.353 e. The van der Waals surface area contributed by atoms with Gasteiger partial charge in [-0.15, -0.1) is 0 Å². The lowest BCUT2D eigenvalue weighted by molar-refractivity contribution is 0.0950. The van der Waals surface area contributed by atoms with Gasteiger partial charge in [-0.25, -0.2) is 0 Å². The summed E-state index contributed by atoms with van der Waals surface area (Å²) in [6, 6.07) is 0. The van der Waals surface area contributed by atoms with Crippen molar-refractivity contribution in [3.63, 3.8) is 0 Å². The van der Waals surface area contributed by atoms with E-state index in [1.54, 1.807) is 7.11 Å². The molecule has 2 heteroatoms. The number of hydrogen-bond acceptors (Lipinski definition) is 2. The molecule has 2 nitrogen and oxygen atoms in total. The van der Waals surface area contributed by atoms with Crippen LogP contribution in [0.25, 0.3) is 0 Å². The number of methoxy groups -OCH3 is 1. The molecular weight excluding hydrogens is 128 g/mol. The summed E-state index contributed by atoms with van der Waals surface area (Å²) in [7, 11) is 1.69. The van der Waals surface area contributed by atoms with E-state index in [9.17, 15) is 0 Å². The lowest BCUT2D eigenvalue weighted by Crippen LogP contribution is -2.13. The highest BCUT2D eigenvalue weighted by Crippen LogP contribution is 2.33. The van der Waals surface area contributed by atoms with Crippen LogP contribution in [-0.2, 0) is 9.47 Å². The van der Waals surface area contributed by atoms with Gasteiger partial charge in [0.05, 0.1) is 0 Å². The second-order valence-corrected chi connectivity index (χ2v) is 3.31. The Labute approximate surface area is 62.5 Å². The minimum Gasteiger partial charge on any atom is -0.353 e. The van der Waals surface area contributed by atoms with E-state index in [-0.39, 0.29) is 6.29 Å². The standard InChI is InChI=1S/C8H16O2/c1-5(2)6(3)7-8(9-4)10-7/h5-8H,1-4H3. The van der Waals surface area contributed by atoms with Crippen LogP contribution in [0.5, 0.6) is 0 Å². The third-order valence-electron chi connectivity index (χ3n) is 2.28. The highest BCUT2D eigenvalue weighted by molar-refractivity contribution is 4.83. The van der Waals surface area contributed by atoms with E-state index in [0.29, 0.717) is 17.9 Å². The molecule has 1 saturated heterocycles. The van der Waals surface area contributed by atoms with E-state index < -0.39 is 0 Å². The Bertz CT molecular complexity index is 112. The summed E-state index contributed by atoms with van der Waals surface area (Å²) in [6.45, 7) is 6.62. The summed E-state index contributed by atoms with van der Waals surface area (Å²) in [6.07, 6.45) is 0.433. The lowest BCUT2D eigenvalue weighted by atomic mass is 9.95. The Hall–Kier alpha value is -0.0800. The van der Waals surface area contributed by atoms with Gasteiger partial charge < -0.3 is 9.47 Å². The topological polar surface area (TPSA) is 21.8 Å². The van der Waals surface area contributed by atoms with Gasteiger partial charge in [0.25, 0.3) is 0 Å². The van der Waals surface area contributed by atoms with Crippen molar-refractivity contribution >= 4 is 0 Å². The van der Waals surface area contributed by atoms with Crippen LogP contribution in [0.2, 0.25) is 0 Å². The van der Waals surface area contributed by atoms with Crippen molar-refractivity contribution in [2.24, 2.45) is 11.8 Å². The smallest absolute Gasteiger partial charge is 0.184 e. The maximum Gasteiger partial charge on any atom is 0.184 e. The molecule has 0 radical (unpaired) electrons. The molecule has 0 aromatic carbocycles. The Morgan fingerprint density at radius 3 is 2.20 bits per heavy atom. The van der Waals surface area contributed by atoms with E-state index in [1.807, 2.05) is 0 Å². The average molecular weight is 144 g/mol.